The number of aliphatic hydroxyl groups is 3. The fourth-order valence-corrected chi connectivity index (χ4v) is 4.60. The van der Waals surface area contributed by atoms with Crippen LogP contribution in [0.3, 0.4) is 0 Å². The minimum absolute atomic E-state index is 0.0657. The minimum atomic E-state index is -1.67. The number of allylic oxidation sites excluding steroid dienone is 1. The van der Waals surface area contributed by atoms with Crippen molar-refractivity contribution in [3.8, 4) is 11.5 Å². The van der Waals surface area contributed by atoms with E-state index in [0.717, 1.165) is 6.08 Å². The quantitative estimate of drug-likeness (QED) is 0.261. The van der Waals surface area contributed by atoms with Crippen molar-refractivity contribution in [3.63, 3.8) is 0 Å². The summed E-state index contributed by atoms with van der Waals surface area (Å²) in [7, 11) is 1.40. The first-order valence-corrected chi connectivity index (χ1v) is 12.3. The summed E-state index contributed by atoms with van der Waals surface area (Å²) in [6.45, 7) is 2.83. The van der Waals surface area contributed by atoms with Crippen LogP contribution in [0.5, 0.6) is 11.5 Å². The number of aliphatic hydroxyl groups excluding tert-OH is 3. The molecule has 206 valence electrons. The molecule has 1 fully saturated rings. The molecular formula is C29H30O10. The number of benzene rings is 2. The van der Waals surface area contributed by atoms with Crippen LogP contribution in [0.4, 0.5) is 0 Å². The van der Waals surface area contributed by atoms with Crippen molar-refractivity contribution < 1.29 is 43.8 Å². The van der Waals surface area contributed by atoms with Crippen LogP contribution in [-0.2, 0) is 14.3 Å². The molecule has 0 radical (unpaired) electrons. The van der Waals surface area contributed by atoms with Gasteiger partial charge in [0.05, 0.1) is 24.7 Å². The highest BCUT2D eigenvalue weighted by Gasteiger charge is 2.48. The lowest BCUT2D eigenvalue weighted by atomic mass is 9.89. The van der Waals surface area contributed by atoms with Gasteiger partial charge in [-0.15, -0.1) is 0 Å². The number of carbonyl (C=O) groups is 1. The van der Waals surface area contributed by atoms with E-state index in [1.807, 2.05) is 0 Å². The second kappa shape index (κ2) is 11.8. The summed E-state index contributed by atoms with van der Waals surface area (Å²) in [4.78, 5) is 25.9. The lowest BCUT2D eigenvalue weighted by molar-refractivity contribution is -0.239. The van der Waals surface area contributed by atoms with Gasteiger partial charge >= 0.3 is 5.97 Å². The molecule has 4 rings (SSSR count). The Hall–Kier alpha value is -3.96. The van der Waals surface area contributed by atoms with Gasteiger partial charge in [0.15, 0.2) is 11.5 Å². The maximum Gasteiger partial charge on any atom is 0.331 e. The molecular weight excluding hydrogens is 508 g/mol. The van der Waals surface area contributed by atoms with E-state index in [2.05, 4.69) is 0 Å². The molecule has 2 aromatic carbocycles. The molecule has 1 aromatic heterocycles. The molecule has 39 heavy (non-hydrogen) atoms. The average Bonchev–Trinajstić information content (AvgIpc) is 2.91. The second-order valence-electron chi connectivity index (χ2n) is 9.11. The van der Waals surface area contributed by atoms with Gasteiger partial charge in [0.1, 0.15) is 47.3 Å². The third kappa shape index (κ3) is 5.74. The van der Waals surface area contributed by atoms with E-state index in [1.54, 1.807) is 44.2 Å². The summed E-state index contributed by atoms with van der Waals surface area (Å²) >= 11 is 0. The Morgan fingerprint density at radius 2 is 1.82 bits per heavy atom. The maximum atomic E-state index is 13.1. The smallest absolute Gasteiger partial charge is 0.331 e. The predicted molar refractivity (Wildman–Crippen MR) is 142 cm³/mol. The van der Waals surface area contributed by atoms with Crippen molar-refractivity contribution in [1.29, 1.82) is 0 Å². The third-order valence-corrected chi connectivity index (χ3v) is 6.48. The maximum absolute atomic E-state index is 13.1. The topological polar surface area (TPSA) is 156 Å². The van der Waals surface area contributed by atoms with Gasteiger partial charge in [-0.25, -0.2) is 4.79 Å². The number of phenols is 1. The number of rotatable bonds is 7. The van der Waals surface area contributed by atoms with Crippen molar-refractivity contribution >= 4 is 29.1 Å². The number of fused-ring (bicyclic) bond motifs is 1. The molecule has 0 bridgehead atoms. The van der Waals surface area contributed by atoms with Crippen LogP contribution in [0, 0.1) is 6.92 Å². The van der Waals surface area contributed by atoms with E-state index in [1.165, 1.54) is 31.4 Å². The molecule has 10 nitrogen and oxygen atoms in total. The molecule has 1 aliphatic rings. The molecule has 1 aliphatic heterocycles. The first-order valence-electron chi connectivity index (χ1n) is 12.3. The van der Waals surface area contributed by atoms with Crippen LogP contribution in [-0.4, -0.2) is 64.5 Å². The van der Waals surface area contributed by atoms with Crippen molar-refractivity contribution in [3.05, 3.63) is 81.2 Å². The number of aromatic hydroxyl groups is 1. The van der Waals surface area contributed by atoms with Gasteiger partial charge in [0.2, 0.25) is 0 Å². The van der Waals surface area contributed by atoms with Crippen molar-refractivity contribution in [2.24, 2.45) is 0 Å². The average molecular weight is 539 g/mol. The Morgan fingerprint density at radius 1 is 1.10 bits per heavy atom. The Kier molecular flexibility index (Phi) is 8.51. The fourth-order valence-electron chi connectivity index (χ4n) is 4.60. The Bertz CT molecular complexity index is 1450. The van der Waals surface area contributed by atoms with Crippen LogP contribution >= 0.6 is 0 Å². The zero-order valence-corrected chi connectivity index (χ0v) is 21.6. The number of aryl methyl sites for hydroxylation is 1. The van der Waals surface area contributed by atoms with Crippen LogP contribution in [0.1, 0.15) is 35.5 Å². The zero-order chi connectivity index (χ0) is 28.3. The number of hydrogen-bond acceptors (Lipinski definition) is 10. The van der Waals surface area contributed by atoms with Gasteiger partial charge in [-0.2, -0.15) is 0 Å². The molecule has 0 saturated carbocycles. The fraction of sp³-hybridized carbons (Fsp3) is 0.310. The molecule has 1 saturated heterocycles. The number of ether oxygens (including phenoxy) is 3. The summed E-state index contributed by atoms with van der Waals surface area (Å²) in [6, 6.07) is 9.02. The highest BCUT2D eigenvalue weighted by molar-refractivity contribution is 5.88. The van der Waals surface area contributed by atoms with E-state index in [-0.39, 0.29) is 39.2 Å². The van der Waals surface area contributed by atoms with Crippen LogP contribution < -0.4 is 10.2 Å². The van der Waals surface area contributed by atoms with Gasteiger partial charge in [-0.05, 0) is 55.3 Å². The number of hydrogen-bond donors (Lipinski definition) is 4. The first-order chi connectivity index (χ1) is 18.7. The summed E-state index contributed by atoms with van der Waals surface area (Å²) in [6.07, 6.45) is -1.40. The van der Waals surface area contributed by atoms with E-state index in [9.17, 15) is 30.0 Å². The summed E-state index contributed by atoms with van der Waals surface area (Å²) < 4.78 is 23.2. The molecule has 0 amide bonds. The van der Waals surface area contributed by atoms with Crippen molar-refractivity contribution in [2.75, 3.05) is 13.7 Å². The highest BCUT2D eigenvalue weighted by Crippen LogP contribution is 2.43. The first kappa shape index (κ1) is 28.1. The summed E-state index contributed by atoms with van der Waals surface area (Å²) in [5.74, 6) is -0.311. The predicted octanol–water partition coefficient (Wildman–Crippen LogP) is 2.63. The number of methoxy groups -OCH3 is 1. The Labute approximate surface area is 224 Å². The van der Waals surface area contributed by atoms with Gasteiger partial charge in [0.25, 0.3) is 0 Å². The molecule has 0 aliphatic carbocycles. The standard InChI is InChI=1S/C29H30O10/c1-4-5-18-13-19(32)23-15(2)12-20(36-3)24(27(23)37-18)28-29(26(35)25(34)21(14-30)38-28)39-22(33)11-8-16-6-9-17(31)10-7-16/h4-13,21,25-26,28-31,34-35H,14H2,1-3H3/t21-,25-,26+,28-,29-/m1/s1. The van der Waals surface area contributed by atoms with Crippen LogP contribution in [0.25, 0.3) is 23.1 Å². The third-order valence-electron chi connectivity index (χ3n) is 6.48. The van der Waals surface area contributed by atoms with Crippen molar-refractivity contribution in [2.45, 2.75) is 44.4 Å². The molecule has 0 spiro atoms. The monoisotopic (exact) mass is 538 g/mol. The van der Waals surface area contributed by atoms with Gasteiger partial charge in [-0.3, -0.25) is 4.79 Å². The Balaban J connectivity index is 1.83. The van der Waals surface area contributed by atoms with Crippen LogP contribution in [0.2, 0.25) is 0 Å². The summed E-state index contributed by atoms with van der Waals surface area (Å²) in [5.41, 5.74) is 1.11. The molecule has 4 N–H and O–H groups in total. The zero-order valence-electron chi connectivity index (χ0n) is 21.6. The molecule has 0 unspecified atom stereocenters. The summed E-state index contributed by atoms with van der Waals surface area (Å²) in [5, 5.41) is 41.1. The van der Waals surface area contributed by atoms with E-state index >= 15 is 0 Å². The number of phenolic OH excluding ortho intramolecular Hbond substituents is 1. The van der Waals surface area contributed by atoms with Gasteiger partial charge < -0.3 is 39.1 Å². The van der Waals surface area contributed by atoms with Gasteiger partial charge in [0, 0.05) is 12.1 Å². The van der Waals surface area contributed by atoms with Crippen LogP contribution in [0.15, 0.2) is 57.8 Å². The van der Waals surface area contributed by atoms with E-state index < -0.39 is 43.1 Å². The number of carbonyl (C=O) groups excluding carboxylic acids is 1. The van der Waals surface area contributed by atoms with E-state index in [0.29, 0.717) is 11.1 Å². The lowest BCUT2D eigenvalue weighted by Gasteiger charge is -2.42. The second-order valence-corrected chi connectivity index (χ2v) is 9.11. The largest absolute Gasteiger partial charge is 0.508 e. The SMILES string of the molecule is CC=Cc1cc(=O)c2c(C)cc(OC)c([C@H]3O[C@H](CO)[C@@H](O)[C@H](O)[C@H]3OC(=O)C=Cc3ccc(O)cc3)c2o1. The molecule has 2 heterocycles. The number of esters is 1. The lowest BCUT2D eigenvalue weighted by Crippen LogP contribution is -2.56. The highest BCUT2D eigenvalue weighted by atomic mass is 16.6. The van der Waals surface area contributed by atoms with E-state index in [4.69, 9.17) is 18.6 Å². The molecule has 3 aromatic rings. The minimum Gasteiger partial charge on any atom is -0.508 e. The van der Waals surface area contributed by atoms with Gasteiger partial charge in [-0.1, -0.05) is 18.2 Å². The van der Waals surface area contributed by atoms with Crippen molar-refractivity contribution in [1.82, 2.24) is 0 Å². The Morgan fingerprint density at radius 3 is 2.46 bits per heavy atom. The normalized spacial score (nSPS) is 23.5. The molecule has 5 atom stereocenters. The molecule has 10 heteroatoms.